The van der Waals surface area contributed by atoms with E-state index in [9.17, 15) is 9.59 Å². The maximum absolute atomic E-state index is 12.1. The third-order valence-corrected chi connectivity index (χ3v) is 4.24. The Kier molecular flexibility index (Phi) is 7.84. The number of nitriles is 1. The molecule has 0 aliphatic heterocycles. The van der Waals surface area contributed by atoms with Gasteiger partial charge in [0.05, 0.1) is 35.4 Å². The van der Waals surface area contributed by atoms with E-state index in [1.54, 1.807) is 36.4 Å². The highest BCUT2D eigenvalue weighted by atomic mass is 79.9. The van der Waals surface area contributed by atoms with Crippen molar-refractivity contribution in [1.82, 2.24) is 5.32 Å². The van der Waals surface area contributed by atoms with Crippen LogP contribution in [0.4, 0.5) is 0 Å². The summed E-state index contributed by atoms with van der Waals surface area (Å²) >= 11 is 3.33. The predicted octanol–water partition coefficient (Wildman–Crippen LogP) is 3.20. The van der Waals surface area contributed by atoms with Crippen LogP contribution in [0.5, 0.6) is 11.5 Å². The molecule has 0 aliphatic rings. The summed E-state index contributed by atoms with van der Waals surface area (Å²) in [5, 5.41) is 11.8. The number of nitrogens with one attached hydrogen (secondary N) is 1. The monoisotopic (exact) mass is 446 g/mol. The first kappa shape index (κ1) is 21.3. The van der Waals surface area contributed by atoms with E-state index in [2.05, 4.69) is 26.0 Å². The molecule has 0 saturated carbocycles. The minimum Gasteiger partial charge on any atom is -0.490 e. The van der Waals surface area contributed by atoms with Crippen molar-refractivity contribution in [2.45, 2.75) is 13.5 Å². The van der Waals surface area contributed by atoms with Crippen molar-refractivity contribution >= 4 is 27.8 Å². The lowest BCUT2D eigenvalue weighted by molar-refractivity contribution is -0.123. The lowest BCUT2D eigenvalue weighted by Crippen LogP contribution is -2.28. The van der Waals surface area contributed by atoms with Gasteiger partial charge in [0.25, 0.3) is 5.91 Å². The Morgan fingerprint density at radius 1 is 1.18 bits per heavy atom. The summed E-state index contributed by atoms with van der Waals surface area (Å²) in [6, 6.07) is 11.9. The quantitative estimate of drug-likeness (QED) is 0.625. The summed E-state index contributed by atoms with van der Waals surface area (Å²) < 4.78 is 16.2. The van der Waals surface area contributed by atoms with Crippen molar-refractivity contribution in [3.63, 3.8) is 0 Å². The first-order chi connectivity index (χ1) is 13.5. The number of benzene rings is 2. The van der Waals surface area contributed by atoms with Gasteiger partial charge in [-0.3, -0.25) is 4.79 Å². The normalized spacial score (nSPS) is 9.93. The fourth-order valence-electron chi connectivity index (χ4n) is 2.30. The smallest absolute Gasteiger partial charge is 0.337 e. The molecule has 8 heteroatoms. The number of rotatable bonds is 8. The molecule has 0 heterocycles. The van der Waals surface area contributed by atoms with E-state index >= 15 is 0 Å². The molecule has 28 heavy (non-hydrogen) atoms. The highest BCUT2D eigenvalue weighted by Crippen LogP contribution is 2.36. The molecule has 1 N–H and O–H groups in total. The third-order valence-electron chi connectivity index (χ3n) is 3.65. The lowest BCUT2D eigenvalue weighted by atomic mass is 10.1. The molecule has 146 valence electrons. The molecule has 7 nitrogen and oxygen atoms in total. The number of carbonyl (C=O) groups is 2. The summed E-state index contributed by atoms with van der Waals surface area (Å²) in [5.74, 6) is 0.0101. The lowest BCUT2D eigenvalue weighted by Gasteiger charge is -2.14. The number of carbonyl (C=O) groups excluding carboxylic acids is 2. The Morgan fingerprint density at radius 3 is 2.50 bits per heavy atom. The SMILES string of the molecule is CCOc1cc(C#N)cc(Br)c1OCC(=O)NCc1ccc(C(=O)OC)cc1. The molecule has 0 bridgehead atoms. The summed E-state index contributed by atoms with van der Waals surface area (Å²) in [5.41, 5.74) is 1.69. The molecular formula is C20H19BrN2O5. The minimum absolute atomic E-state index is 0.217. The Bertz CT molecular complexity index is 891. The number of halogens is 1. The van der Waals surface area contributed by atoms with Gasteiger partial charge in [-0.1, -0.05) is 12.1 Å². The number of hydrogen-bond acceptors (Lipinski definition) is 6. The molecule has 0 atom stereocenters. The van der Waals surface area contributed by atoms with Gasteiger partial charge < -0.3 is 19.5 Å². The Morgan fingerprint density at radius 2 is 1.89 bits per heavy atom. The van der Waals surface area contributed by atoms with Crippen molar-refractivity contribution in [2.24, 2.45) is 0 Å². The number of methoxy groups -OCH3 is 1. The van der Waals surface area contributed by atoms with E-state index in [4.69, 9.17) is 14.7 Å². The maximum atomic E-state index is 12.1. The van der Waals surface area contributed by atoms with E-state index in [-0.39, 0.29) is 19.1 Å². The average molecular weight is 447 g/mol. The van der Waals surface area contributed by atoms with Crippen LogP contribution in [0.15, 0.2) is 40.9 Å². The van der Waals surface area contributed by atoms with Crippen LogP contribution in [0.3, 0.4) is 0 Å². The van der Waals surface area contributed by atoms with E-state index in [0.717, 1.165) is 5.56 Å². The van der Waals surface area contributed by atoms with Gasteiger partial charge in [0, 0.05) is 12.6 Å². The zero-order chi connectivity index (χ0) is 20.5. The van der Waals surface area contributed by atoms with Gasteiger partial charge in [0.2, 0.25) is 0 Å². The standard InChI is InChI=1S/C20H19BrN2O5/c1-3-27-17-9-14(10-22)8-16(21)19(17)28-12-18(24)23-11-13-4-6-15(7-5-13)20(25)26-2/h4-9H,3,11-12H2,1-2H3,(H,23,24). The molecule has 0 saturated heterocycles. The van der Waals surface area contributed by atoms with Crippen molar-refractivity contribution in [3.8, 4) is 17.6 Å². The molecular weight excluding hydrogens is 428 g/mol. The number of esters is 1. The van der Waals surface area contributed by atoms with Gasteiger partial charge >= 0.3 is 5.97 Å². The summed E-state index contributed by atoms with van der Waals surface area (Å²) in [6.45, 7) is 2.28. The Balaban J connectivity index is 1.94. The summed E-state index contributed by atoms with van der Waals surface area (Å²) in [6.07, 6.45) is 0. The molecule has 2 aromatic carbocycles. The molecule has 1 amide bonds. The number of hydrogen-bond donors (Lipinski definition) is 1. The Hall–Kier alpha value is -3.05. The average Bonchev–Trinajstić information content (AvgIpc) is 2.71. The molecule has 0 aromatic heterocycles. The number of nitrogens with zero attached hydrogens (tertiary/aromatic N) is 1. The third kappa shape index (κ3) is 5.72. The van der Waals surface area contributed by atoms with Crippen molar-refractivity contribution in [2.75, 3.05) is 20.3 Å². The molecule has 0 fully saturated rings. The van der Waals surface area contributed by atoms with E-state index in [1.165, 1.54) is 7.11 Å². The summed E-state index contributed by atoms with van der Waals surface area (Å²) in [7, 11) is 1.32. The highest BCUT2D eigenvalue weighted by molar-refractivity contribution is 9.10. The largest absolute Gasteiger partial charge is 0.490 e. The first-order valence-electron chi connectivity index (χ1n) is 8.41. The van der Waals surface area contributed by atoms with Crippen LogP contribution in [0.1, 0.15) is 28.4 Å². The van der Waals surface area contributed by atoms with Crippen LogP contribution in [0.25, 0.3) is 0 Å². The van der Waals surface area contributed by atoms with Crippen LogP contribution in [-0.4, -0.2) is 32.2 Å². The van der Waals surface area contributed by atoms with Gasteiger partial charge in [-0.15, -0.1) is 0 Å². The van der Waals surface area contributed by atoms with Crippen LogP contribution in [-0.2, 0) is 16.1 Å². The molecule has 0 radical (unpaired) electrons. The maximum Gasteiger partial charge on any atom is 0.337 e. The molecule has 0 unspecified atom stereocenters. The second kappa shape index (κ2) is 10.3. The van der Waals surface area contributed by atoms with Gasteiger partial charge in [0.1, 0.15) is 0 Å². The van der Waals surface area contributed by atoms with Crippen molar-refractivity contribution in [1.29, 1.82) is 5.26 Å². The predicted molar refractivity (Wildman–Crippen MR) is 105 cm³/mol. The fourth-order valence-corrected chi connectivity index (χ4v) is 2.86. The van der Waals surface area contributed by atoms with Gasteiger partial charge in [0.15, 0.2) is 18.1 Å². The first-order valence-corrected chi connectivity index (χ1v) is 9.21. The van der Waals surface area contributed by atoms with Gasteiger partial charge in [-0.25, -0.2) is 4.79 Å². The van der Waals surface area contributed by atoms with Gasteiger partial charge in [-0.2, -0.15) is 5.26 Å². The Labute approximate surface area is 171 Å². The molecule has 0 aliphatic carbocycles. The minimum atomic E-state index is -0.415. The number of amides is 1. The second-order valence-electron chi connectivity index (χ2n) is 5.58. The van der Waals surface area contributed by atoms with Crippen molar-refractivity contribution < 1.29 is 23.8 Å². The zero-order valence-electron chi connectivity index (χ0n) is 15.5. The molecule has 2 rings (SSSR count). The second-order valence-corrected chi connectivity index (χ2v) is 6.44. The fraction of sp³-hybridized carbons (Fsp3) is 0.250. The topological polar surface area (TPSA) is 97.6 Å². The van der Waals surface area contributed by atoms with Crippen LogP contribution in [0.2, 0.25) is 0 Å². The molecule has 2 aromatic rings. The van der Waals surface area contributed by atoms with E-state index in [1.807, 2.05) is 13.0 Å². The van der Waals surface area contributed by atoms with E-state index < -0.39 is 5.97 Å². The summed E-state index contributed by atoms with van der Waals surface area (Å²) in [4.78, 5) is 23.5. The van der Waals surface area contributed by atoms with Crippen LogP contribution < -0.4 is 14.8 Å². The van der Waals surface area contributed by atoms with Gasteiger partial charge in [-0.05, 0) is 46.6 Å². The number of ether oxygens (including phenoxy) is 3. The highest BCUT2D eigenvalue weighted by Gasteiger charge is 2.14. The van der Waals surface area contributed by atoms with Crippen LogP contribution in [0, 0.1) is 11.3 Å². The van der Waals surface area contributed by atoms with Crippen molar-refractivity contribution in [3.05, 3.63) is 57.6 Å². The van der Waals surface area contributed by atoms with Crippen LogP contribution >= 0.6 is 15.9 Å². The van der Waals surface area contributed by atoms with E-state index in [0.29, 0.717) is 33.7 Å². The zero-order valence-corrected chi connectivity index (χ0v) is 17.0. The molecule has 0 spiro atoms.